The molecule has 0 bridgehead atoms. The topological polar surface area (TPSA) is 62.6 Å². The highest BCUT2D eigenvalue weighted by molar-refractivity contribution is 7.89. The van der Waals surface area contributed by atoms with Gasteiger partial charge in [-0.3, -0.25) is 9.69 Å². The molecule has 152 valence electrons. The molecule has 0 radical (unpaired) electrons. The molecule has 3 aromatic rings. The predicted molar refractivity (Wildman–Crippen MR) is 115 cm³/mol. The Morgan fingerprint density at radius 2 is 1.69 bits per heavy atom. The van der Waals surface area contributed by atoms with Crippen LogP contribution in [0.2, 0.25) is 0 Å². The second-order valence-corrected chi connectivity index (χ2v) is 10.7. The first-order valence-corrected chi connectivity index (χ1v) is 12.2. The van der Waals surface area contributed by atoms with Crippen LogP contribution in [0.1, 0.15) is 17.5 Å². The zero-order chi connectivity index (χ0) is 20.0. The molecule has 2 aromatic carbocycles. The van der Waals surface area contributed by atoms with E-state index in [2.05, 4.69) is 4.90 Å². The Labute approximate surface area is 174 Å². The number of fused-ring (bicyclic) bond motifs is 2. The minimum absolute atomic E-state index is 0.0267. The van der Waals surface area contributed by atoms with Crippen molar-refractivity contribution < 1.29 is 8.42 Å². The molecule has 0 amide bonds. The van der Waals surface area contributed by atoms with Crippen molar-refractivity contribution in [2.75, 3.05) is 26.2 Å². The van der Waals surface area contributed by atoms with Gasteiger partial charge in [-0.15, -0.1) is 0 Å². The lowest BCUT2D eigenvalue weighted by Gasteiger charge is -2.33. The van der Waals surface area contributed by atoms with Crippen molar-refractivity contribution >= 4 is 31.6 Å². The fraction of sp³-hybridized carbons (Fsp3) is 0.381. The molecule has 2 heterocycles. The van der Waals surface area contributed by atoms with Gasteiger partial charge in [0.25, 0.3) is 5.56 Å². The van der Waals surface area contributed by atoms with Crippen LogP contribution in [-0.4, -0.2) is 47.8 Å². The number of benzene rings is 2. The van der Waals surface area contributed by atoms with Gasteiger partial charge in [0, 0.05) is 26.2 Å². The lowest BCUT2D eigenvalue weighted by molar-refractivity contribution is 0.156. The minimum atomic E-state index is -3.47. The summed E-state index contributed by atoms with van der Waals surface area (Å²) in [7, 11) is -3.47. The maximum Gasteiger partial charge on any atom is 0.269 e. The molecule has 1 fully saturated rings. The third-order valence-electron chi connectivity index (χ3n) is 5.92. The fourth-order valence-electron chi connectivity index (χ4n) is 4.26. The minimum Gasteiger partial charge on any atom is -0.282 e. The van der Waals surface area contributed by atoms with E-state index in [4.69, 9.17) is 0 Å². The van der Waals surface area contributed by atoms with E-state index in [1.165, 1.54) is 22.7 Å². The van der Waals surface area contributed by atoms with E-state index in [1.54, 1.807) is 14.3 Å². The quantitative estimate of drug-likeness (QED) is 0.639. The molecule has 0 unspecified atom stereocenters. The summed E-state index contributed by atoms with van der Waals surface area (Å²) in [6.45, 7) is 2.62. The monoisotopic (exact) mass is 429 g/mol. The Kier molecular flexibility index (Phi) is 4.82. The molecule has 0 spiro atoms. The van der Waals surface area contributed by atoms with Gasteiger partial charge in [-0.25, -0.2) is 12.4 Å². The van der Waals surface area contributed by atoms with Crippen molar-refractivity contribution in [3.8, 4) is 0 Å². The summed E-state index contributed by atoms with van der Waals surface area (Å²) < 4.78 is 30.5. The fourth-order valence-corrected chi connectivity index (χ4v) is 6.77. The van der Waals surface area contributed by atoms with Crippen LogP contribution in [0.3, 0.4) is 0 Å². The Hall–Kier alpha value is -2.00. The Morgan fingerprint density at radius 3 is 2.48 bits per heavy atom. The molecule has 29 heavy (non-hydrogen) atoms. The van der Waals surface area contributed by atoms with E-state index in [1.807, 2.05) is 36.4 Å². The molecule has 1 aliphatic carbocycles. The summed E-state index contributed by atoms with van der Waals surface area (Å²) in [5.41, 5.74) is 2.48. The average molecular weight is 430 g/mol. The van der Waals surface area contributed by atoms with Crippen molar-refractivity contribution in [3.63, 3.8) is 0 Å². The average Bonchev–Trinajstić information content (AvgIpc) is 3.33. The SMILES string of the molecule is O=c1c2ccccc2sn1CN1CCN(S(=O)(=O)c2ccc3c(c2)CCC3)CC1. The normalized spacial score (nSPS) is 18.3. The second kappa shape index (κ2) is 7.36. The molecule has 0 N–H and O–H groups in total. The van der Waals surface area contributed by atoms with Gasteiger partial charge in [0.1, 0.15) is 0 Å². The first kappa shape index (κ1) is 19.0. The van der Waals surface area contributed by atoms with Gasteiger partial charge in [0.05, 0.1) is 21.7 Å². The lowest BCUT2D eigenvalue weighted by Crippen LogP contribution is -2.49. The van der Waals surface area contributed by atoms with E-state index in [-0.39, 0.29) is 5.56 Å². The summed E-state index contributed by atoms with van der Waals surface area (Å²) in [6, 6.07) is 13.2. The van der Waals surface area contributed by atoms with Gasteiger partial charge in [-0.1, -0.05) is 29.7 Å². The van der Waals surface area contributed by atoms with Crippen LogP contribution in [0.5, 0.6) is 0 Å². The van der Waals surface area contributed by atoms with Gasteiger partial charge >= 0.3 is 0 Å². The molecule has 2 aliphatic rings. The number of nitrogens with zero attached hydrogens (tertiary/aromatic N) is 3. The van der Waals surface area contributed by atoms with Crippen LogP contribution >= 0.6 is 11.5 Å². The van der Waals surface area contributed by atoms with Crippen molar-refractivity contribution in [1.29, 1.82) is 0 Å². The zero-order valence-corrected chi connectivity index (χ0v) is 17.7. The highest BCUT2D eigenvalue weighted by atomic mass is 32.2. The number of rotatable bonds is 4. The van der Waals surface area contributed by atoms with Crippen molar-refractivity contribution in [1.82, 2.24) is 13.2 Å². The van der Waals surface area contributed by atoms with E-state index in [0.29, 0.717) is 37.7 Å². The molecule has 8 heteroatoms. The van der Waals surface area contributed by atoms with E-state index in [0.717, 1.165) is 29.3 Å². The van der Waals surface area contributed by atoms with Crippen LogP contribution < -0.4 is 5.56 Å². The number of sulfonamides is 1. The van der Waals surface area contributed by atoms with Gasteiger partial charge < -0.3 is 0 Å². The second-order valence-electron chi connectivity index (χ2n) is 7.72. The lowest BCUT2D eigenvalue weighted by atomic mass is 10.1. The Bertz CT molecular complexity index is 1220. The third kappa shape index (κ3) is 3.44. The first-order chi connectivity index (χ1) is 14.0. The van der Waals surface area contributed by atoms with Gasteiger partial charge in [0.2, 0.25) is 10.0 Å². The predicted octanol–water partition coefficient (Wildman–Crippen LogP) is 2.52. The number of piperazine rings is 1. The molecule has 1 saturated heterocycles. The molecule has 5 rings (SSSR count). The maximum atomic E-state index is 13.1. The van der Waals surface area contributed by atoms with Gasteiger partial charge in [-0.05, 0) is 54.7 Å². The molecule has 1 aromatic heterocycles. The van der Waals surface area contributed by atoms with Gasteiger partial charge in [-0.2, -0.15) is 4.31 Å². The number of aryl methyl sites for hydroxylation is 2. The standard InChI is InChI=1S/C21H23N3O3S2/c25-21-19-6-1-2-7-20(19)28-24(21)15-22-10-12-23(13-11-22)29(26,27)18-9-8-16-4-3-5-17(16)14-18/h1-2,6-9,14H,3-5,10-13,15H2. The molecule has 0 saturated carbocycles. The summed E-state index contributed by atoms with van der Waals surface area (Å²) in [6.07, 6.45) is 3.12. The summed E-state index contributed by atoms with van der Waals surface area (Å²) in [4.78, 5) is 15.1. The van der Waals surface area contributed by atoms with E-state index in [9.17, 15) is 13.2 Å². The molecule has 1 aliphatic heterocycles. The molecular weight excluding hydrogens is 406 g/mol. The van der Waals surface area contributed by atoms with Crippen LogP contribution in [0.15, 0.2) is 52.2 Å². The molecular formula is C21H23N3O3S2. The van der Waals surface area contributed by atoms with Crippen LogP contribution in [-0.2, 0) is 29.5 Å². The smallest absolute Gasteiger partial charge is 0.269 e. The van der Waals surface area contributed by atoms with Crippen molar-refractivity contribution in [2.24, 2.45) is 0 Å². The molecule has 6 nitrogen and oxygen atoms in total. The first-order valence-electron chi connectivity index (χ1n) is 9.95. The number of aromatic nitrogens is 1. The largest absolute Gasteiger partial charge is 0.282 e. The van der Waals surface area contributed by atoms with E-state index >= 15 is 0 Å². The highest BCUT2D eigenvalue weighted by Gasteiger charge is 2.29. The maximum absolute atomic E-state index is 13.1. The van der Waals surface area contributed by atoms with Crippen molar-refractivity contribution in [2.45, 2.75) is 30.8 Å². The Morgan fingerprint density at radius 1 is 0.931 bits per heavy atom. The Balaban J connectivity index is 1.28. The number of hydrogen-bond donors (Lipinski definition) is 0. The van der Waals surface area contributed by atoms with Crippen LogP contribution in [0.4, 0.5) is 0 Å². The molecule has 0 atom stereocenters. The highest BCUT2D eigenvalue weighted by Crippen LogP contribution is 2.27. The number of hydrogen-bond acceptors (Lipinski definition) is 5. The van der Waals surface area contributed by atoms with Gasteiger partial charge in [0.15, 0.2) is 0 Å². The summed E-state index contributed by atoms with van der Waals surface area (Å²) in [5, 5.41) is 0.746. The van der Waals surface area contributed by atoms with Crippen LogP contribution in [0, 0.1) is 0 Å². The van der Waals surface area contributed by atoms with Crippen molar-refractivity contribution in [3.05, 3.63) is 63.9 Å². The van der Waals surface area contributed by atoms with Crippen LogP contribution in [0.25, 0.3) is 10.1 Å². The summed E-state index contributed by atoms with van der Waals surface area (Å²) in [5.74, 6) is 0. The van der Waals surface area contributed by atoms with E-state index < -0.39 is 10.0 Å². The zero-order valence-electron chi connectivity index (χ0n) is 16.1. The summed E-state index contributed by atoms with van der Waals surface area (Å²) >= 11 is 1.46. The third-order valence-corrected chi connectivity index (χ3v) is 8.87.